The van der Waals surface area contributed by atoms with E-state index in [0.29, 0.717) is 27.2 Å². The van der Waals surface area contributed by atoms with Crippen LogP contribution in [0.5, 0.6) is 11.5 Å². The first-order valence-electron chi connectivity index (χ1n) is 6.05. The Morgan fingerprint density at radius 1 is 1.05 bits per heavy atom. The van der Waals surface area contributed by atoms with Crippen LogP contribution in [0.1, 0.15) is 0 Å². The van der Waals surface area contributed by atoms with Crippen LogP contribution in [0, 0.1) is 0 Å². The van der Waals surface area contributed by atoms with Gasteiger partial charge in [-0.15, -0.1) is 0 Å². The molecule has 21 heavy (non-hydrogen) atoms. The van der Waals surface area contributed by atoms with E-state index in [0.717, 1.165) is 0 Å². The average molecular weight is 346 g/mol. The molecule has 0 aromatic heterocycles. The van der Waals surface area contributed by atoms with Crippen LogP contribution in [0.4, 0.5) is 5.69 Å². The van der Waals surface area contributed by atoms with E-state index < -0.39 is 7.52 Å². The summed E-state index contributed by atoms with van der Waals surface area (Å²) in [6, 6.07) is 11.9. The van der Waals surface area contributed by atoms with E-state index in [2.05, 4.69) is 5.09 Å². The normalized spacial score (nSPS) is 13.3. The Balaban J connectivity index is 2.18. The third-order valence-electron chi connectivity index (χ3n) is 2.59. The SMILES string of the molecule is COc1ccccc1O[P@](C)(=O)Nc1ccc(Cl)c(Cl)c1. The molecule has 0 spiro atoms. The Kier molecular flexibility index (Phi) is 5.04. The van der Waals surface area contributed by atoms with Crippen molar-refractivity contribution in [1.29, 1.82) is 0 Å². The van der Waals surface area contributed by atoms with Crippen molar-refractivity contribution >= 4 is 36.4 Å². The van der Waals surface area contributed by atoms with Crippen LogP contribution < -0.4 is 14.3 Å². The van der Waals surface area contributed by atoms with Crippen molar-refractivity contribution in [2.75, 3.05) is 18.9 Å². The number of rotatable bonds is 5. The summed E-state index contributed by atoms with van der Waals surface area (Å²) in [4.78, 5) is 0. The molecule has 2 rings (SSSR count). The predicted octanol–water partition coefficient (Wildman–Crippen LogP) is 5.32. The quantitative estimate of drug-likeness (QED) is 0.745. The van der Waals surface area contributed by atoms with Crippen molar-refractivity contribution in [2.45, 2.75) is 0 Å². The maximum atomic E-state index is 12.6. The highest BCUT2D eigenvalue weighted by atomic mass is 35.5. The van der Waals surface area contributed by atoms with Crippen LogP contribution in [0.15, 0.2) is 42.5 Å². The van der Waals surface area contributed by atoms with Crippen molar-refractivity contribution in [3.8, 4) is 11.5 Å². The van der Waals surface area contributed by atoms with E-state index in [1.54, 1.807) is 42.5 Å². The second-order valence-corrected chi connectivity index (χ2v) is 7.24. The second-order valence-electron chi connectivity index (χ2n) is 4.33. The van der Waals surface area contributed by atoms with Crippen molar-refractivity contribution in [2.24, 2.45) is 0 Å². The van der Waals surface area contributed by atoms with Gasteiger partial charge in [0.05, 0.1) is 17.2 Å². The number of ether oxygens (including phenoxy) is 1. The van der Waals surface area contributed by atoms with Crippen LogP contribution in [0.3, 0.4) is 0 Å². The molecule has 0 unspecified atom stereocenters. The first-order chi connectivity index (χ1) is 9.91. The van der Waals surface area contributed by atoms with Gasteiger partial charge in [0.2, 0.25) is 0 Å². The molecule has 0 saturated heterocycles. The zero-order valence-electron chi connectivity index (χ0n) is 11.5. The van der Waals surface area contributed by atoms with Gasteiger partial charge < -0.3 is 14.3 Å². The number of benzene rings is 2. The summed E-state index contributed by atoms with van der Waals surface area (Å²) in [6.45, 7) is 1.47. The van der Waals surface area contributed by atoms with E-state index in [-0.39, 0.29) is 0 Å². The molecule has 112 valence electrons. The minimum absolute atomic E-state index is 0.374. The lowest BCUT2D eigenvalue weighted by molar-refractivity contribution is 0.391. The zero-order valence-corrected chi connectivity index (χ0v) is 13.9. The fraction of sp³-hybridized carbons (Fsp3) is 0.143. The van der Waals surface area contributed by atoms with Crippen LogP contribution in [0.2, 0.25) is 10.0 Å². The number of methoxy groups -OCH3 is 1. The van der Waals surface area contributed by atoms with Gasteiger partial charge in [0.15, 0.2) is 11.5 Å². The molecule has 0 heterocycles. The average Bonchev–Trinajstić information content (AvgIpc) is 2.43. The van der Waals surface area contributed by atoms with Gasteiger partial charge in [-0.25, -0.2) is 0 Å². The summed E-state index contributed by atoms with van der Waals surface area (Å²) >= 11 is 11.8. The largest absolute Gasteiger partial charge is 0.493 e. The Bertz CT molecular complexity index is 694. The molecule has 0 radical (unpaired) electrons. The summed E-state index contributed by atoms with van der Waals surface area (Å²) < 4.78 is 23.3. The smallest absolute Gasteiger partial charge is 0.338 e. The topological polar surface area (TPSA) is 47.6 Å². The van der Waals surface area contributed by atoms with Gasteiger partial charge in [0.25, 0.3) is 0 Å². The molecule has 0 aliphatic heterocycles. The minimum atomic E-state index is -3.14. The fourth-order valence-corrected chi connectivity index (χ4v) is 3.18. The van der Waals surface area contributed by atoms with Gasteiger partial charge in [-0.1, -0.05) is 35.3 Å². The molecule has 0 fully saturated rings. The Morgan fingerprint density at radius 2 is 1.71 bits per heavy atom. The maximum Gasteiger partial charge on any atom is 0.338 e. The highest BCUT2D eigenvalue weighted by Crippen LogP contribution is 2.46. The second kappa shape index (κ2) is 6.61. The molecular formula is C14H14Cl2NO3P. The van der Waals surface area contributed by atoms with Gasteiger partial charge in [0.1, 0.15) is 0 Å². The molecule has 0 bridgehead atoms. The van der Waals surface area contributed by atoms with Gasteiger partial charge >= 0.3 is 7.52 Å². The Labute approximate surface area is 133 Å². The fourth-order valence-electron chi connectivity index (χ4n) is 1.70. The number of anilines is 1. The standard InChI is InChI=1S/C14H14Cl2NO3P/c1-19-13-5-3-4-6-14(13)20-21(2,18)17-10-7-8-11(15)12(16)9-10/h3-9H,1-2H3,(H,17,18)/t21-/m0/s1. The number of hydrogen-bond donors (Lipinski definition) is 1. The highest BCUT2D eigenvalue weighted by Gasteiger charge is 2.19. The van der Waals surface area contributed by atoms with Crippen LogP contribution >= 0.6 is 30.7 Å². The van der Waals surface area contributed by atoms with Crippen molar-refractivity contribution in [3.05, 3.63) is 52.5 Å². The third-order valence-corrected chi connectivity index (χ3v) is 4.54. The summed E-state index contributed by atoms with van der Waals surface area (Å²) in [5.41, 5.74) is 0.560. The van der Waals surface area contributed by atoms with Crippen molar-refractivity contribution in [1.82, 2.24) is 0 Å². The molecule has 0 aliphatic rings. The Morgan fingerprint density at radius 3 is 2.33 bits per heavy atom. The van der Waals surface area contributed by atoms with Crippen LogP contribution in [-0.2, 0) is 4.57 Å². The van der Waals surface area contributed by atoms with E-state index >= 15 is 0 Å². The molecule has 2 aromatic rings. The van der Waals surface area contributed by atoms with Gasteiger partial charge in [-0.2, -0.15) is 0 Å². The highest BCUT2D eigenvalue weighted by molar-refractivity contribution is 7.60. The summed E-state index contributed by atoms with van der Waals surface area (Å²) in [5, 5.41) is 3.62. The number of halogens is 2. The lowest BCUT2D eigenvalue weighted by atomic mass is 10.3. The molecule has 7 heteroatoms. The molecule has 2 aromatic carbocycles. The molecule has 1 atom stereocenters. The minimum Gasteiger partial charge on any atom is -0.493 e. The van der Waals surface area contributed by atoms with Crippen LogP contribution in [0.25, 0.3) is 0 Å². The van der Waals surface area contributed by atoms with Crippen LogP contribution in [-0.4, -0.2) is 13.8 Å². The number of hydrogen-bond acceptors (Lipinski definition) is 3. The number of para-hydroxylation sites is 2. The lowest BCUT2D eigenvalue weighted by Gasteiger charge is -2.19. The molecule has 4 nitrogen and oxygen atoms in total. The van der Waals surface area contributed by atoms with Gasteiger partial charge in [0, 0.05) is 12.4 Å². The van der Waals surface area contributed by atoms with E-state index in [4.69, 9.17) is 32.5 Å². The first kappa shape index (κ1) is 16.0. The molecule has 0 aliphatic carbocycles. The van der Waals surface area contributed by atoms with Crippen molar-refractivity contribution < 1.29 is 13.8 Å². The molecule has 0 amide bonds. The lowest BCUT2D eigenvalue weighted by Crippen LogP contribution is -2.03. The third kappa shape index (κ3) is 4.31. The summed E-state index contributed by atoms with van der Waals surface area (Å²) in [7, 11) is -1.62. The number of nitrogens with one attached hydrogen (secondary N) is 1. The van der Waals surface area contributed by atoms with E-state index in [9.17, 15) is 4.57 Å². The van der Waals surface area contributed by atoms with E-state index in [1.165, 1.54) is 13.8 Å². The first-order valence-corrected chi connectivity index (χ1v) is 8.87. The van der Waals surface area contributed by atoms with Gasteiger partial charge in [-0.05, 0) is 30.3 Å². The summed E-state index contributed by atoms with van der Waals surface area (Å²) in [5.74, 6) is 0.911. The van der Waals surface area contributed by atoms with Crippen molar-refractivity contribution in [3.63, 3.8) is 0 Å². The molecular weight excluding hydrogens is 332 g/mol. The summed E-state index contributed by atoms with van der Waals surface area (Å²) in [6.07, 6.45) is 0. The van der Waals surface area contributed by atoms with Gasteiger partial charge in [-0.3, -0.25) is 4.57 Å². The monoisotopic (exact) mass is 345 g/mol. The zero-order chi connectivity index (χ0) is 15.5. The molecule has 0 saturated carbocycles. The maximum absolute atomic E-state index is 12.6. The Hall–Kier alpha value is -1.35. The predicted molar refractivity (Wildman–Crippen MR) is 87.2 cm³/mol. The van der Waals surface area contributed by atoms with E-state index in [1.807, 2.05) is 0 Å². The molecule has 1 N–H and O–H groups in total.